The first kappa shape index (κ1) is 89.0. The Balaban J connectivity index is 0.000000140. The normalized spacial score (nSPS) is 26.3. The third-order valence-corrected chi connectivity index (χ3v) is 28.9. The van der Waals surface area contributed by atoms with Gasteiger partial charge in [-0.25, -0.2) is 14.2 Å². The van der Waals surface area contributed by atoms with Gasteiger partial charge in [-0.1, -0.05) is 103 Å². The second-order valence-electron chi connectivity index (χ2n) is 33.5. The number of aliphatic carboxylic acids is 2. The number of hydrogen-bond donors (Lipinski definition) is 5. The molecule has 17 rings (SSSR count). The number of esters is 2. The van der Waals surface area contributed by atoms with Crippen molar-refractivity contribution in [3.8, 4) is 17.2 Å². The first-order valence-corrected chi connectivity index (χ1v) is 46.0. The van der Waals surface area contributed by atoms with Crippen LogP contribution in [0.3, 0.4) is 0 Å². The smallest absolute Gasteiger partial charge is 0.550 e. The zero-order valence-electron chi connectivity index (χ0n) is 68.6. The van der Waals surface area contributed by atoms with E-state index in [4.69, 9.17) is 36.6 Å². The Morgan fingerprint density at radius 3 is 1.03 bits per heavy atom. The van der Waals surface area contributed by atoms with Crippen LogP contribution in [0.4, 0.5) is 0 Å². The van der Waals surface area contributed by atoms with Crippen molar-refractivity contribution in [2.24, 2.45) is 76.7 Å². The second kappa shape index (κ2) is 43.3. The number of nitrogens with two attached hydrogens (primary N) is 1. The molecule has 25 heteroatoms. The van der Waals surface area contributed by atoms with Gasteiger partial charge in [0.05, 0.1) is 14.2 Å². The summed E-state index contributed by atoms with van der Waals surface area (Å²) in [5.74, 6) is 6.95. The van der Waals surface area contributed by atoms with E-state index in [9.17, 15) is 36.9 Å². The number of para-hydroxylation sites is 3. The predicted octanol–water partition coefficient (Wildman–Crippen LogP) is 15.7. The number of fused-ring (bicyclic) bond motifs is 17. The molecule has 7 unspecified atom stereocenters. The average Bonchev–Trinajstić information content (AvgIpc) is 1.65. The average molecular weight is 1690 g/mol. The summed E-state index contributed by atoms with van der Waals surface area (Å²) in [6.45, 7) is 0. The van der Waals surface area contributed by atoms with Crippen LogP contribution in [0.25, 0.3) is 65.8 Å². The van der Waals surface area contributed by atoms with Gasteiger partial charge >= 0.3 is 47.5 Å². The topological polar surface area (TPSA) is 310 Å². The molecular weight excluding hydrogens is 1580 g/mol. The maximum absolute atomic E-state index is 12.9. The monoisotopic (exact) mass is 1690 g/mol. The number of carboxylic acids is 2. The number of benzene rings is 6. The number of methoxy groups -OCH3 is 2. The van der Waals surface area contributed by atoms with E-state index in [0.29, 0.717) is 108 Å². The van der Waals surface area contributed by atoms with Crippen molar-refractivity contribution in [1.29, 1.82) is 0 Å². The maximum atomic E-state index is 12.9. The number of furan rings is 3. The summed E-state index contributed by atoms with van der Waals surface area (Å²) in [5, 5.41) is 25.2. The molecule has 6 N–H and O–H groups in total. The molecule has 6 aromatic carbocycles. The van der Waals surface area contributed by atoms with Gasteiger partial charge in [-0.2, -0.15) is 12.6 Å². The minimum Gasteiger partial charge on any atom is -0.550 e. The molecule has 21 nitrogen and oxygen atoms in total. The molecule has 8 aliphatic carbocycles. The van der Waals surface area contributed by atoms with E-state index in [1.807, 2.05) is 109 Å². The van der Waals surface area contributed by atoms with Gasteiger partial charge in [-0.05, 0) is 304 Å². The summed E-state index contributed by atoms with van der Waals surface area (Å²) in [7, 11) is 2.86. The number of carbonyl (C=O) groups is 4. The number of unbranched alkanes of at least 4 members (excludes halogenated alkanes) is 4. The number of rotatable bonds is 36. The van der Waals surface area contributed by atoms with Crippen LogP contribution in [0, 0.1) is 71.0 Å². The minimum atomic E-state index is -1.64. The van der Waals surface area contributed by atoms with Crippen LogP contribution < -0.4 is 67.1 Å². The third-order valence-electron chi connectivity index (χ3n) is 26.5. The Morgan fingerprint density at radius 1 is 0.403 bits per heavy atom. The molecule has 0 amide bonds. The Hall–Kier alpha value is -7.75. The summed E-state index contributed by atoms with van der Waals surface area (Å²) in [6, 6.07) is 41.2. The van der Waals surface area contributed by atoms with Gasteiger partial charge in [-0.3, -0.25) is 14.4 Å². The van der Waals surface area contributed by atoms with Gasteiger partial charge in [0, 0.05) is 81.7 Å². The molecule has 8 fully saturated rings. The van der Waals surface area contributed by atoms with Gasteiger partial charge in [0.2, 0.25) is 0 Å². The molecule has 0 aliphatic heterocycles. The Labute approximate surface area is 727 Å². The predicted molar refractivity (Wildman–Crippen MR) is 461 cm³/mol. The van der Waals surface area contributed by atoms with E-state index in [2.05, 4.69) is 72.2 Å². The molecule has 8 aliphatic rings. The Morgan fingerprint density at radius 2 is 0.697 bits per heavy atom. The van der Waals surface area contributed by atoms with Crippen LogP contribution in [0.2, 0.25) is 0 Å². The zero-order chi connectivity index (χ0) is 82.0. The van der Waals surface area contributed by atoms with Crippen molar-refractivity contribution in [3.63, 3.8) is 0 Å². The SMILES string of the molecule is COC(=O)CCC/C=C\C[C@H]1C(N)[C@@H]2CC[C@H]1C2.COC(=O)CCC/C=C\C[C@H]1C(NS(=O)Oc2ccc3oc4ccccc4c3c2)[C@@H]2CC[C@H]1C2.O=C(O)CCC/C=C\C[C@H]1C(NS(=O)Oc2ccc3oc4ccccc4c3c2)[C@@H]2CC[C@H]1C2.O=C([O-])CCC/C=C\C[C@H]1C(NS(=O)Oc2ccc3oc4ccccc4c3c2)[C@@H]2CC[C@H]1C2.[Na+]. The van der Waals surface area contributed by atoms with Crippen molar-refractivity contribution < 1.29 is 107 Å². The van der Waals surface area contributed by atoms with Crippen LogP contribution in [0.15, 0.2) is 189 Å². The van der Waals surface area contributed by atoms with Gasteiger partial charge in [0.1, 0.15) is 50.7 Å². The molecule has 119 heavy (non-hydrogen) atoms. The van der Waals surface area contributed by atoms with Crippen LogP contribution in [-0.2, 0) is 62.5 Å². The second-order valence-corrected chi connectivity index (χ2v) is 36.1. The fraction of sp³-hybridized carbons (Fsp3) is 0.489. The molecule has 630 valence electrons. The summed E-state index contributed by atoms with van der Waals surface area (Å²) in [5.41, 5.74) is 11.1. The molecule has 3 heterocycles. The molecule has 9 aromatic rings. The molecule has 0 radical (unpaired) electrons. The Bertz CT molecular complexity index is 4940. The molecule has 19 atom stereocenters. The van der Waals surface area contributed by atoms with Gasteiger partial charge in [0.15, 0.2) is 0 Å². The fourth-order valence-electron chi connectivity index (χ4n) is 20.7. The van der Waals surface area contributed by atoms with E-state index >= 15 is 0 Å². The molecule has 8 bridgehead atoms. The molecule has 3 aromatic heterocycles. The largest absolute Gasteiger partial charge is 1.00 e. The Kier molecular flexibility index (Phi) is 32.4. The van der Waals surface area contributed by atoms with Crippen LogP contribution >= 0.6 is 0 Å². The van der Waals surface area contributed by atoms with Gasteiger partial charge in [-0.15, -0.1) is 0 Å². The number of carboxylic acid groups (broad SMARTS) is 2. The van der Waals surface area contributed by atoms with E-state index < -0.39 is 45.7 Å². The zero-order valence-corrected chi connectivity index (χ0v) is 73.0. The third kappa shape index (κ3) is 23.1. The van der Waals surface area contributed by atoms with Crippen LogP contribution in [0.1, 0.15) is 180 Å². The van der Waals surface area contributed by atoms with E-state index in [0.717, 1.165) is 142 Å². The van der Waals surface area contributed by atoms with E-state index in [1.54, 1.807) is 18.2 Å². The minimum absolute atomic E-state index is 0. The van der Waals surface area contributed by atoms with E-state index in [-0.39, 0.29) is 72.5 Å². The van der Waals surface area contributed by atoms with E-state index in [1.165, 1.54) is 91.3 Å². The first-order valence-electron chi connectivity index (χ1n) is 42.7. The fourth-order valence-corrected chi connectivity index (χ4v) is 23.4. The van der Waals surface area contributed by atoms with Crippen molar-refractivity contribution in [1.82, 2.24) is 14.2 Å². The van der Waals surface area contributed by atoms with Crippen LogP contribution in [-0.4, -0.2) is 80.0 Å². The van der Waals surface area contributed by atoms with Crippen LogP contribution in [0.5, 0.6) is 17.2 Å². The summed E-state index contributed by atoms with van der Waals surface area (Å²) < 4.78 is 92.8. The van der Waals surface area contributed by atoms with Crippen molar-refractivity contribution in [2.75, 3.05) is 14.2 Å². The maximum Gasteiger partial charge on any atom is 1.00 e. The summed E-state index contributed by atoms with van der Waals surface area (Å²) in [4.78, 5) is 43.3. The van der Waals surface area contributed by atoms with Crippen molar-refractivity contribution in [3.05, 3.63) is 176 Å². The molecule has 0 saturated heterocycles. The van der Waals surface area contributed by atoms with Crippen molar-refractivity contribution in [2.45, 2.75) is 204 Å². The number of hydrogen-bond acceptors (Lipinski definition) is 17. The molecule has 0 spiro atoms. The number of allylic oxidation sites excluding steroid dienone is 8. The van der Waals surface area contributed by atoms with Gasteiger partial charge < -0.3 is 56.0 Å². The summed E-state index contributed by atoms with van der Waals surface area (Å²) >= 11 is -4.89. The molecular formula is C94H113N4NaO17S3. The molecule has 8 saturated carbocycles. The number of carbonyl (C=O) groups excluding carboxylic acids is 3. The number of ether oxygens (including phenoxy) is 2. The summed E-state index contributed by atoms with van der Waals surface area (Å²) in [6.07, 6.45) is 43.7. The number of nitrogens with one attached hydrogen (secondary N) is 3. The first-order chi connectivity index (χ1) is 57.5. The van der Waals surface area contributed by atoms with Crippen molar-refractivity contribution >= 4 is 123 Å². The van der Waals surface area contributed by atoms with Gasteiger partial charge in [0.25, 0.3) is 33.8 Å². The standard InChI is InChI=1S/C27H31NO5S.2C26H29NO5S.C15H25NO2.Na/c1-31-26(29)11-5-3-2-4-8-21-18-12-13-19(16-18)27(21)28-34(30)33-20-14-15-25-23(17-20)22-9-6-7-10-24(22)32-25;2*28-25(29)10-4-2-1-3-7-20-17-11-12-18(15-17)26(20)27-33(30)32-19-13-14-24-22(16-19)21-8-5-6-9-23(21)31-24;1-18-14(17)7-5-3-2-4-6-13-11-8-9-12(10-11)15(13)16;/h2,4,6-7,9-10,14-15,17-19,21,27-28H,3,5,8,11-13,16H2,1H3;2*1,3,5-6,8-9,13-14,16-18,20,26-27H,2,4,7,10-12,15H2,(H,28,29);2,4,11-13,15H,3,5-10,16H2,1H3;/q;;;;+1/p-1/b4-2-;2*3-1-;4-2-;/t18-,19+,21+,27?,34?;2*17-,18+,20+,26?,33?;11-,12+,13+,15?;/m0000./s1. The quantitative estimate of drug-likeness (QED) is 0.0105.